The van der Waals surface area contributed by atoms with E-state index in [0.29, 0.717) is 0 Å². The van der Waals surface area contributed by atoms with Crippen LogP contribution in [0.5, 0.6) is 5.75 Å². The van der Waals surface area contributed by atoms with E-state index in [0.717, 1.165) is 18.9 Å². The fraction of sp³-hybridized carbons (Fsp3) is 0.538. The summed E-state index contributed by atoms with van der Waals surface area (Å²) >= 11 is 0. The highest BCUT2D eigenvalue weighted by molar-refractivity contribution is 5.31. The number of ether oxygens (including phenoxy) is 1. The molecule has 0 spiro atoms. The molecule has 0 radical (unpaired) electrons. The number of nitrogens with one attached hydrogen (secondary N) is 1. The van der Waals surface area contributed by atoms with Crippen molar-refractivity contribution in [1.29, 1.82) is 0 Å². The maximum atomic E-state index is 5.42. The Hall–Kier alpha value is -1.02. The van der Waals surface area contributed by atoms with Crippen molar-refractivity contribution in [3.63, 3.8) is 0 Å². The molecule has 15 heavy (non-hydrogen) atoms. The molecule has 1 aromatic carbocycles. The summed E-state index contributed by atoms with van der Waals surface area (Å²) < 4.78 is 5.42. The van der Waals surface area contributed by atoms with E-state index in [9.17, 15) is 0 Å². The fourth-order valence-electron chi connectivity index (χ4n) is 1.71. The molecule has 0 aromatic heterocycles. The van der Waals surface area contributed by atoms with Crippen molar-refractivity contribution < 1.29 is 4.74 Å². The lowest BCUT2D eigenvalue weighted by atomic mass is 9.84. The summed E-state index contributed by atoms with van der Waals surface area (Å²) in [7, 11) is 1.98. The van der Waals surface area contributed by atoms with Crippen LogP contribution in [-0.4, -0.2) is 20.2 Å². The zero-order chi connectivity index (χ0) is 11.3. The van der Waals surface area contributed by atoms with Crippen LogP contribution >= 0.6 is 0 Å². The highest BCUT2D eigenvalue weighted by atomic mass is 16.5. The third-order valence-corrected chi connectivity index (χ3v) is 2.57. The average Bonchev–Trinajstić information content (AvgIpc) is 2.19. The molecule has 84 valence electrons. The van der Waals surface area contributed by atoms with Crippen LogP contribution < -0.4 is 10.1 Å². The van der Waals surface area contributed by atoms with Crippen LogP contribution in [-0.2, 0) is 5.41 Å². The minimum atomic E-state index is 0.166. The topological polar surface area (TPSA) is 21.3 Å². The number of hydrogen-bond acceptors (Lipinski definition) is 2. The van der Waals surface area contributed by atoms with E-state index in [-0.39, 0.29) is 5.41 Å². The van der Waals surface area contributed by atoms with Gasteiger partial charge in [-0.2, -0.15) is 0 Å². The van der Waals surface area contributed by atoms with Gasteiger partial charge in [0.05, 0.1) is 6.61 Å². The standard InChI is InChI=1S/C13H21NO/c1-5-15-12-8-6-11(7-9-12)13(2,3)10-14-4/h6-9,14H,5,10H2,1-4H3. The third-order valence-electron chi connectivity index (χ3n) is 2.57. The molecule has 0 amide bonds. The zero-order valence-corrected chi connectivity index (χ0v) is 10.1. The molecule has 0 aliphatic rings. The fourth-order valence-corrected chi connectivity index (χ4v) is 1.71. The van der Waals surface area contributed by atoms with Crippen LogP contribution in [0.15, 0.2) is 24.3 Å². The Kier molecular flexibility index (Phi) is 4.15. The van der Waals surface area contributed by atoms with E-state index in [2.05, 4.69) is 31.3 Å². The van der Waals surface area contributed by atoms with Crippen molar-refractivity contribution in [1.82, 2.24) is 5.32 Å². The molecule has 0 aliphatic heterocycles. The maximum absolute atomic E-state index is 5.42. The van der Waals surface area contributed by atoms with E-state index < -0.39 is 0 Å². The van der Waals surface area contributed by atoms with E-state index in [1.807, 2.05) is 26.1 Å². The van der Waals surface area contributed by atoms with Crippen molar-refractivity contribution in [3.8, 4) is 5.75 Å². The predicted octanol–water partition coefficient (Wildman–Crippen LogP) is 2.58. The number of rotatable bonds is 5. The second kappa shape index (κ2) is 5.17. The van der Waals surface area contributed by atoms with Gasteiger partial charge in [0.2, 0.25) is 0 Å². The summed E-state index contributed by atoms with van der Waals surface area (Å²) in [6, 6.07) is 8.36. The number of hydrogen-bond donors (Lipinski definition) is 1. The molecule has 0 fully saturated rings. The summed E-state index contributed by atoms with van der Waals surface area (Å²) in [5.74, 6) is 0.946. The van der Waals surface area contributed by atoms with Gasteiger partial charge in [0.1, 0.15) is 5.75 Å². The molecule has 2 heteroatoms. The van der Waals surface area contributed by atoms with Gasteiger partial charge < -0.3 is 10.1 Å². The van der Waals surface area contributed by atoms with E-state index in [1.165, 1.54) is 5.56 Å². The molecule has 0 saturated carbocycles. The molecule has 1 N–H and O–H groups in total. The van der Waals surface area contributed by atoms with Crippen LogP contribution in [0.4, 0.5) is 0 Å². The van der Waals surface area contributed by atoms with Crippen molar-refractivity contribution >= 4 is 0 Å². The molecular weight excluding hydrogens is 186 g/mol. The minimum Gasteiger partial charge on any atom is -0.494 e. The molecule has 1 aromatic rings. The Labute approximate surface area is 92.6 Å². The lowest BCUT2D eigenvalue weighted by Crippen LogP contribution is -2.30. The summed E-state index contributed by atoms with van der Waals surface area (Å²) in [5.41, 5.74) is 1.50. The SMILES string of the molecule is CCOc1ccc(C(C)(C)CNC)cc1. The molecule has 0 bridgehead atoms. The smallest absolute Gasteiger partial charge is 0.119 e. The maximum Gasteiger partial charge on any atom is 0.119 e. The van der Waals surface area contributed by atoms with Gasteiger partial charge in [-0.1, -0.05) is 26.0 Å². The second-order valence-corrected chi connectivity index (χ2v) is 4.37. The van der Waals surface area contributed by atoms with Crippen LogP contribution in [0.3, 0.4) is 0 Å². The van der Waals surface area contributed by atoms with Gasteiger partial charge >= 0.3 is 0 Å². The van der Waals surface area contributed by atoms with Crippen LogP contribution in [0.2, 0.25) is 0 Å². The highest BCUT2D eigenvalue weighted by Crippen LogP contribution is 2.24. The lowest BCUT2D eigenvalue weighted by molar-refractivity contribution is 0.340. The van der Waals surface area contributed by atoms with Crippen LogP contribution in [0.1, 0.15) is 26.3 Å². The molecule has 2 nitrogen and oxygen atoms in total. The molecule has 1 rings (SSSR count). The van der Waals surface area contributed by atoms with Crippen LogP contribution in [0, 0.1) is 0 Å². The Morgan fingerprint density at radius 2 is 1.80 bits per heavy atom. The Morgan fingerprint density at radius 3 is 2.27 bits per heavy atom. The van der Waals surface area contributed by atoms with Crippen molar-refractivity contribution in [3.05, 3.63) is 29.8 Å². The first-order chi connectivity index (χ1) is 7.10. The monoisotopic (exact) mass is 207 g/mol. The lowest BCUT2D eigenvalue weighted by Gasteiger charge is -2.25. The summed E-state index contributed by atoms with van der Waals surface area (Å²) in [5, 5.41) is 3.21. The second-order valence-electron chi connectivity index (χ2n) is 4.37. The van der Waals surface area contributed by atoms with Crippen molar-refractivity contribution in [2.24, 2.45) is 0 Å². The Morgan fingerprint density at radius 1 is 1.20 bits per heavy atom. The molecule has 0 aliphatic carbocycles. The van der Waals surface area contributed by atoms with Gasteiger partial charge in [0, 0.05) is 12.0 Å². The molecule has 0 heterocycles. The first-order valence-electron chi connectivity index (χ1n) is 5.48. The number of benzene rings is 1. The van der Waals surface area contributed by atoms with E-state index in [1.54, 1.807) is 0 Å². The average molecular weight is 207 g/mol. The van der Waals surface area contributed by atoms with Gasteiger partial charge in [-0.15, -0.1) is 0 Å². The quantitative estimate of drug-likeness (QED) is 0.801. The summed E-state index contributed by atoms with van der Waals surface area (Å²) in [4.78, 5) is 0. The molecule has 0 unspecified atom stereocenters. The predicted molar refractivity (Wildman–Crippen MR) is 64.6 cm³/mol. The van der Waals surface area contributed by atoms with Gasteiger partial charge in [-0.3, -0.25) is 0 Å². The van der Waals surface area contributed by atoms with Gasteiger partial charge in [0.15, 0.2) is 0 Å². The Balaban J connectivity index is 2.78. The molecule has 0 saturated heterocycles. The van der Waals surface area contributed by atoms with Gasteiger partial charge in [-0.25, -0.2) is 0 Å². The van der Waals surface area contributed by atoms with E-state index in [4.69, 9.17) is 4.74 Å². The van der Waals surface area contributed by atoms with Crippen molar-refractivity contribution in [2.45, 2.75) is 26.2 Å². The molecule has 0 atom stereocenters. The third kappa shape index (κ3) is 3.24. The summed E-state index contributed by atoms with van der Waals surface area (Å²) in [6.45, 7) is 8.16. The highest BCUT2D eigenvalue weighted by Gasteiger charge is 2.19. The first-order valence-corrected chi connectivity index (χ1v) is 5.48. The largest absolute Gasteiger partial charge is 0.494 e. The zero-order valence-electron chi connectivity index (χ0n) is 10.1. The first kappa shape index (κ1) is 12.1. The van der Waals surface area contributed by atoms with Gasteiger partial charge in [-0.05, 0) is 31.7 Å². The Bertz CT molecular complexity index is 290. The number of likely N-dealkylation sites (N-methyl/N-ethyl adjacent to an activating group) is 1. The summed E-state index contributed by atoms with van der Waals surface area (Å²) in [6.07, 6.45) is 0. The van der Waals surface area contributed by atoms with Gasteiger partial charge in [0.25, 0.3) is 0 Å². The van der Waals surface area contributed by atoms with E-state index >= 15 is 0 Å². The normalized spacial score (nSPS) is 11.5. The minimum absolute atomic E-state index is 0.166. The van der Waals surface area contributed by atoms with Crippen LogP contribution in [0.25, 0.3) is 0 Å². The van der Waals surface area contributed by atoms with Crippen molar-refractivity contribution in [2.75, 3.05) is 20.2 Å². The molecular formula is C13H21NO.